The van der Waals surface area contributed by atoms with Crippen molar-refractivity contribution >= 4 is 33.2 Å². The van der Waals surface area contributed by atoms with Gasteiger partial charge >= 0.3 is 0 Å². The van der Waals surface area contributed by atoms with Crippen molar-refractivity contribution in [2.24, 2.45) is 0 Å². The lowest BCUT2D eigenvalue weighted by Gasteiger charge is -2.43. The predicted molar refractivity (Wildman–Crippen MR) is 162 cm³/mol. The van der Waals surface area contributed by atoms with E-state index in [1.807, 2.05) is 35.2 Å². The number of sulfonamides is 1. The van der Waals surface area contributed by atoms with Crippen molar-refractivity contribution < 1.29 is 17.6 Å². The number of rotatable bonds is 6. The summed E-state index contributed by atoms with van der Waals surface area (Å²) in [6.45, 7) is 2.08. The van der Waals surface area contributed by atoms with Crippen LogP contribution in [0.25, 0.3) is 0 Å². The van der Waals surface area contributed by atoms with Gasteiger partial charge in [0, 0.05) is 44.0 Å². The Balaban J connectivity index is 1.12. The Kier molecular flexibility index (Phi) is 7.27. The standard InChI is InChI=1S/C33H35ClFN3O3S/c34-31-18-25(35)8-12-30(31)33(39)36-20-26-9-10-27(21-36)38(26)32-19-28(11-13-29(32)24-6-7-24)42(40,41)37-16-14-23(15-17-37)22-4-2-1-3-5-22/h1-5,8,11-13,18-19,23-24,26-27H,6-7,9-10,14-17,20-21H2/t26-,27+. The quantitative estimate of drug-likeness (QED) is 0.325. The Morgan fingerprint density at radius 1 is 0.810 bits per heavy atom. The smallest absolute Gasteiger partial charge is 0.255 e. The SMILES string of the molecule is O=C(c1ccc(F)cc1Cl)N1C[C@H]2CC[C@@H](C1)N2c1cc(S(=O)(=O)N2CCC(c3ccccc3)CC2)ccc1C1CC1. The summed E-state index contributed by atoms with van der Waals surface area (Å²) in [6.07, 6.45) is 5.72. The van der Waals surface area contributed by atoms with E-state index in [4.69, 9.17) is 11.6 Å². The molecule has 1 aliphatic carbocycles. The molecule has 3 aromatic rings. The van der Waals surface area contributed by atoms with Crippen LogP contribution in [-0.2, 0) is 10.0 Å². The van der Waals surface area contributed by atoms with Crippen molar-refractivity contribution in [1.82, 2.24) is 9.21 Å². The lowest BCUT2D eigenvalue weighted by Crippen LogP contribution is -2.55. The van der Waals surface area contributed by atoms with Crippen LogP contribution in [0.4, 0.5) is 10.1 Å². The number of piperidine rings is 1. The zero-order chi connectivity index (χ0) is 29.0. The van der Waals surface area contributed by atoms with Crippen LogP contribution in [0.3, 0.4) is 0 Å². The molecular weight excluding hydrogens is 573 g/mol. The van der Waals surface area contributed by atoms with E-state index in [1.165, 1.54) is 29.3 Å². The van der Waals surface area contributed by atoms with Crippen LogP contribution in [0.1, 0.15) is 71.8 Å². The maximum Gasteiger partial charge on any atom is 0.255 e. The molecule has 0 spiro atoms. The first kappa shape index (κ1) is 27.9. The van der Waals surface area contributed by atoms with Gasteiger partial charge in [0.25, 0.3) is 5.91 Å². The molecule has 3 aromatic carbocycles. The summed E-state index contributed by atoms with van der Waals surface area (Å²) in [5, 5.41) is 0.122. The Labute approximate surface area is 252 Å². The van der Waals surface area contributed by atoms with Gasteiger partial charge in [0.2, 0.25) is 10.0 Å². The summed E-state index contributed by atoms with van der Waals surface area (Å²) in [5.74, 6) is 0.180. The molecule has 220 valence electrons. The molecule has 2 bridgehead atoms. The van der Waals surface area contributed by atoms with Crippen LogP contribution in [0.15, 0.2) is 71.6 Å². The van der Waals surface area contributed by atoms with Gasteiger partial charge in [-0.05, 0) is 91.8 Å². The molecule has 42 heavy (non-hydrogen) atoms. The van der Waals surface area contributed by atoms with E-state index in [9.17, 15) is 17.6 Å². The third-order valence-electron chi connectivity index (χ3n) is 9.59. The second-order valence-corrected chi connectivity index (χ2v) is 14.6. The number of amides is 1. The van der Waals surface area contributed by atoms with Crippen LogP contribution in [0.5, 0.6) is 0 Å². The molecule has 4 fully saturated rings. The van der Waals surface area contributed by atoms with E-state index < -0.39 is 15.8 Å². The first-order valence-electron chi connectivity index (χ1n) is 15.0. The van der Waals surface area contributed by atoms with Gasteiger partial charge in [0.05, 0.1) is 15.5 Å². The molecule has 1 saturated carbocycles. The van der Waals surface area contributed by atoms with E-state index in [-0.39, 0.29) is 23.0 Å². The fraction of sp³-hybridized carbons (Fsp3) is 0.424. The molecule has 0 aromatic heterocycles. The van der Waals surface area contributed by atoms with Gasteiger partial charge in [0.1, 0.15) is 5.82 Å². The van der Waals surface area contributed by atoms with Gasteiger partial charge in [-0.2, -0.15) is 4.31 Å². The topological polar surface area (TPSA) is 60.9 Å². The highest BCUT2D eigenvalue weighted by Crippen LogP contribution is 2.48. The minimum Gasteiger partial charge on any atom is -0.362 e. The number of piperazine rings is 1. The van der Waals surface area contributed by atoms with E-state index in [1.54, 1.807) is 10.4 Å². The Bertz CT molecular complexity index is 1590. The van der Waals surface area contributed by atoms with E-state index in [2.05, 4.69) is 17.0 Å². The normalized spacial score (nSPS) is 23.4. The van der Waals surface area contributed by atoms with E-state index in [0.29, 0.717) is 48.5 Å². The monoisotopic (exact) mass is 607 g/mol. The highest BCUT2D eigenvalue weighted by Gasteiger charge is 2.44. The number of hydrogen-bond donors (Lipinski definition) is 0. The average Bonchev–Trinajstić information content (AvgIpc) is 3.81. The Morgan fingerprint density at radius 3 is 2.14 bits per heavy atom. The summed E-state index contributed by atoms with van der Waals surface area (Å²) in [5.41, 5.74) is 3.82. The average molecular weight is 608 g/mol. The maximum atomic E-state index is 13.9. The second-order valence-electron chi connectivity index (χ2n) is 12.2. The van der Waals surface area contributed by atoms with Crippen LogP contribution in [-0.4, -0.2) is 61.8 Å². The molecule has 0 unspecified atom stereocenters. The number of halogens is 2. The molecule has 3 heterocycles. The Hall–Kier alpha value is -2.94. The fourth-order valence-electron chi connectivity index (χ4n) is 7.25. The molecule has 0 radical (unpaired) electrons. The summed E-state index contributed by atoms with van der Waals surface area (Å²) >= 11 is 6.22. The number of fused-ring (bicyclic) bond motifs is 2. The number of likely N-dealkylation sites (tertiary alicyclic amines) is 1. The zero-order valence-electron chi connectivity index (χ0n) is 23.5. The molecule has 7 rings (SSSR count). The van der Waals surface area contributed by atoms with Crippen LogP contribution in [0.2, 0.25) is 5.02 Å². The summed E-state index contributed by atoms with van der Waals surface area (Å²) in [6, 6.07) is 20.2. The van der Waals surface area contributed by atoms with Crippen molar-refractivity contribution in [2.45, 2.75) is 67.3 Å². The van der Waals surface area contributed by atoms with Crippen LogP contribution in [0, 0.1) is 5.82 Å². The second kappa shape index (κ2) is 11.0. The van der Waals surface area contributed by atoms with Crippen LogP contribution < -0.4 is 4.90 Å². The first-order valence-corrected chi connectivity index (χ1v) is 16.8. The molecule has 1 amide bonds. The summed E-state index contributed by atoms with van der Waals surface area (Å²) < 4.78 is 43.1. The molecular formula is C33H35ClFN3O3S. The number of nitrogens with zero attached hydrogens (tertiary/aromatic N) is 3. The van der Waals surface area contributed by atoms with Crippen molar-refractivity contribution in [1.29, 1.82) is 0 Å². The third-order valence-corrected chi connectivity index (χ3v) is 11.8. The molecule has 6 nitrogen and oxygen atoms in total. The minimum absolute atomic E-state index is 0.0870. The molecule has 2 atom stereocenters. The first-order chi connectivity index (χ1) is 20.3. The molecule has 9 heteroatoms. The molecule has 0 N–H and O–H groups in total. The lowest BCUT2D eigenvalue weighted by molar-refractivity contribution is 0.0718. The highest BCUT2D eigenvalue weighted by atomic mass is 35.5. The fourth-order valence-corrected chi connectivity index (χ4v) is 8.98. The maximum absolute atomic E-state index is 13.9. The largest absolute Gasteiger partial charge is 0.362 e. The number of carbonyl (C=O) groups excluding carboxylic acids is 1. The van der Waals surface area contributed by atoms with Crippen molar-refractivity contribution in [2.75, 3.05) is 31.1 Å². The van der Waals surface area contributed by atoms with Gasteiger partial charge < -0.3 is 9.80 Å². The summed E-state index contributed by atoms with van der Waals surface area (Å²) in [7, 11) is -3.64. The predicted octanol–water partition coefficient (Wildman–Crippen LogP) is 6.42. The van der Waals surface area contributed by atoms with Gasteiger partial charge in [-0.15, -0.1) is 0 Å². The number of anilines is 1. The molecule has 4 aliphatic rings. The number of hydrogen-bond acceptors (Lipinski definition) is 4. The zero-order valence-corrected chi connectivity index (χ0v) is 25.0. The van der Waals surface area contributed by atoms with Crippen molar-refractivity contribution in [3.8, 4) is 0 Å². The molecule has 3 aliphatic heterocycles. The van der Waals surface area contributed by atoms with Gasteiger partial charge in [-0.3, -0.25) is 4.79 Å². The molecule has 3 saturated heterocycles. The number of benzene rings is 3. The lowest BCUT2D eigenvalue weighted by atomic mass is 9.90. The van der Waals surface area contributed by atoms with Crippen LogP contribution >= 0.6 is 11.6 Å². The van der Waals surface area contributed by atoms with Crippen molar-refractivity contribution in [3.05, 3.63) is 94.3 Å². The number of carbonyl (C=O) groups is 1. The highest BCUT2D eigenvalue weighted by molar-refractivity contribution is 7.89. The van der Waals surface area contributed by atoms with E-state index in [0.717, 1.165) is 44.2 Å². The van der Waals surface area contributed by atoms with Gasteiger partial charge in [-0.1, -0.05) is 48.0 Å². The summed E-state index contributed by atoms with van der Waals surface area (Å²) in [4.78, 5) is 17.9. The third kappa shape index (κ3) is 5.12. The van der Waals surface area contributed by atoms with E-state index >= 15 is 0 Å². The minimum atomic E-state index is -3.64. The van der Waals surface area contributed by atoms with Crippen molar-refractivity contribution in [3.63, 3.8) is 0 Å². The van der Waals surface area contributed by atoms with Gasteiger partial charge in [0.15, 0.2) is 0 Å². The Morgan fingerprint density at radius 2 is 1.50 bits per heavy atom. The van der Waals surface area contributed by atoms with Gasteiger partial charge in [-0.25, -0.2) is 12.8 Å².